The summed E-state index contributed by atoms with van der Waals surface area (Å²) in [5, 5.41) is 14.8. The van der Waals surface area contributed by atoms with Crippen molar-refractivity contribution in [1.82, 2.24) is 30.5 Å². The summed E-state index contributed by atoms with van der Waals surface area (Å²) in [5.74, 6) is 1.32. The molecule has 1 saturated heterocycles. The molecule has 0 unspecified atom stereocenters. The number of aromatic nitrogens is 3. The summed E-state index contributed by atoms with van der Waals surface area (Å²) in [6.45, 7) is 3.71. The molecule has 6 rings (SSSR count). The average molecular weight is 531 g/mol. The van der Waals surface area contributed by atoms with Crippen LogP contribution in [0.4, 0.5) is 0 Å². The van der Waals surface area contributed by atoms with Crippen molar-refractivity contribution in [2.45, 2.75) is 51.2 Å². The topological polar surface area (TPSA) is 111 Å². The number of nitrogens with zero attached hydrogens (tertiary/aromatic N) is 4. The second-order valence-electron chi connectivity index (χ2n) is 10.8. The molecule has 2 bridgehead atoms. The summed E-state index contributed by atoms with van der Waals surface area (Å²) in [6, 6.07) is 15.2. The van der Waals surface area contributed by atoms with Gasteiger partial charge in [0, 0.05) is 38.7 Å². The van der Waals surface area contributed by atoms with Crippen LogP contribution in [0.5, 0.6) is 11.5 Å². The Hall–Kier alpha value is -3.92. The van der Waals surface area contributed by atoms with E-state index in [-0.39, 0.29) is 18.6 Å². The van der Waals surface area contributed by atoms with E-state index in [0.29, 0.717) is 38.8 Å². The van der Waals surface area contributed by atoms with Gasteiger partial charge >= 0.3 is 0 Å². The Labute approximate surface area is 227 Å². The highest BCUT2D eigenvalue weighted by molar-refractivity contribution is 5.90. The van der Waals surface area contributed by atoms with Crippen molar-refractivity contribution in [3.8, 4) is 11.5 Å². The van der Waals surface area contributed by atoms with Crippen LogP contribution in [0.25, 0.3) is 0 Å². The van der Waals surface area contributed by atoms with Crippen LogP contribution in [-0.2, 0) is 35.5 Å². The maximum absolute atomic E-state index is 14.1. The van der Waals surface area contributed by atoms with Gasteiger partial charge in [-0.3, -0.25) is 19.2 Å². The van der Waals surface area contributed by atoms with E-state index in [1.165, 1.54) is 0 Å². The van der Waals surface area contributed by atoms with Crippen LogP contribution in [0.2, 0.25) is 0 Å². The molecule has 3 aliphatic rings. The molecule has 39 heavy (non-hydrogen) atoms. The van der Waals surface area contributed by atoms with Gasteiger partial charge in [-0.1, -0.05) is 41.6 Å². The molecule has 0 radical (unpaired) electrons. The molecule has 1 spiro atoms. The smallest absolute Gasteiger partial charge is 0.242 e. The van der Waals surface area contributed by atoms with Crippen molar-refractivity contribution in [2.24, 2.45) is 5.41 Å². The molecule has 4 heterocycles. The molecule has 3 aromatic rings. The van der Waals surface area contributed by atoms with Gasteiger partial charge in [-0.15, -0.1) is 5.10 Å². The number of rotatable bonds is 4. The number of piperidine rings is 1. The number of carbonyl (C=O) groups excluding carboxylic acids is 2. The summed E-state index contributed by atoms with van der Waals surface area (Å²) in [4.78, 5) is 29.6. The first-order valence-electron chi connectivity index (χ1n) is 13.7. The van der Waals surface area contributed by atoms with Crippen molar-refractivity contribution < 1.29 is 19.1 Å². The van der Waals surface area contributed by atoms with Gasteiger partial charge in [-0.05, 0) is 55.6 Å². The van der Waals surface area contributed by atoms with Crippen LogP contribution in [-0.4, -0.2) is 64.2 Å². The lowest BCUT2D eigenvalue weighted by atomic mass is 9.73. The Morgan fingerprint density at radius 1 is 0.974 bits per heavy atom. The second kappa shape index (κ2) is 11.1. The van der Waals surface area contributed by atoms with Gasteiger partial charge in [-0.25, -0.2) is 0 Å². The van der Waals surface area contributed by atoms with E-state index < -0.39 is 11.5 Å². The highest BCUT2D eigenvalue weighted by Gasteiger charge is 2.43. The number of nitrogens with one attached hydrogen (secondary N) is 2. The maximum Gasteiger partial charge on any atom is 0.242 e. The quantitative estimate of drug-likeness (QED) is 0.531. The van der Waals surface area contributed by atoms with Crippen molar-refractivity contribution in [1.29, 1.82) is 0 Å². The van der Waals surface area contributed by atoms with Crippen LogP contribution < -0.4 is 20.1 Å². The largest absolute Gasteiger partial charge is 0.454 e. The summed E-state index contributed by atoms with van der Waals surface area (Å²) >= 11 is 0. The lowest BCUT2D eigenvalue weighted by Gasteiger charge is -2.41. The number of hydrogen-bond acceptors (Lipinski definition) is 7. The molecule has 1 atom stereocenters. The SMILES string of the molecule is O=C1NCCCn2cc(nn2)CC2(CCN(Cc3ccc4c(c3)OCO4)CC2)C(=O)N[C@H]1Cc1ccccc1. The Kier molecular flexibility index (Phi) is 7.19. The number of aryl methyl sites for hydroxylation is 1. The van der Waals surface area contributed by atoms with E-state index in [1.807, 2.05) is 48.7 Å². The van der Waals surface area contributed by atoms with E-state index in [4.69, 9.17) is 9.47 Å². The fourth-order valence-corrected chi connectivity index (χ4v) is 5.74. The minimum Gasteiger partial charge on any atom is -0.454 e. The summed E-state index contributed by atoms with van der Waals surface area (Å²) in [6.07, 6.45) is 4.94. The van der Waals surface area contributed by atoms with Crippen molar-refractivity contribution >= 4 is 11.8 Å². The third-order valence-corrected chi connectivity index (χ3v) is 8.01. The van der Waals surface area contributed by atoms with E-state index in [2.05, 4.69) is 31.9 Å². The van der Waals surface area contributed by atoms with E-state index >= 15 is 0 Å². The summed E-state index contributed by atoms with van der Waals surface area (Å²) in [7, 11) is 0. The van der Waals surface area contributed by atoms with Crippen LogP contribution in [0.15, 0.2) is 54.7 Å². The molecule has 1 aromatic heterocycles. The van der Waals surface area contributed by atoms with Gasteiger partial charge in [0.2, 0.25) is 18.6 Å². The first-order valence-corrected chi connectivity index (χ1v) is 13.7. The maximum atomic E-state index is 14.1. The fraction of sp³-hybridized carbons (Fsp3) is 0.448. The molecule has 3 aliphatic heterocycles. The number of likely N-dealkylation sites (tertiary alicyclic amines) is 1. The molecule has 2 N–H and O–H groups in total. The Morgan fingerprint density at radius 2 is 1.79 bits per heavy atom. The second-order valence-corrected chi connectivity index (χ2v) is 10.8. The standard InChI is InChI=1S/C29H34N6O4/c36-27-24(15-21-5-2-1-3-6-21)31-28(37)29(17-23-19-35(33-32-23)12-4-11-30-27)9-13-34(14-10-29)18-22-7-8-25-26(16-22)39-20-38-25/h1-3,5-8,16,19,24H,4,9-15,17-18,20H2,(H,30,36)(H,31,37)/t24-/m0/s1. The molecule has 0 saturated carbocycles. The number of ether oxygens (including phenoxy) is 2. The highest BCUT2D eigenvalue weighted by atomic mass is 16.7. The Morgan fingerprint density at radius 3 is 2.64 bits per heavy atom. The molecule has 2 aromatic carbocycles. The molecule has 10 nitrogen and oxygen atoms in total. The van der Waals surface area contributed by atoms with Gasteiger partial charge < -0.3 is 20.1 Å². The van der Waals surface area contributed by atoms with Gasteiger partial charge in [0.05, 0.1) is 11.1 Å². The van der Waals surface area contributed by atoms with Gasteiger partial charge in [-0.2, -0.15) is 0 Å². The first-order chi connectivity index (χ1) is 19.1. The van der Waals surface area contributed by atoms with Crippen LogP contribution in [0.1, 0.15) is 36.1 Å². The third-order valence-electron chi connectivity index (χ3n) is 8.01. The van der Waals surface area contributed by atoms with Crippen molar-refractivity contribution in [3.63, 3.8) is 0 Å². The minimum absolute atomic E-state index is 0.0879. The molecule has 2 amide bonds. The van der Waals surface area contributed by atoms with E-state index in [0.717, 1.165) is 54.4 Å². The average Bonchev–Trinajstić information content (AvgIpc) is 3.61. The predicted octanol–water partition coefficient (Wildman–Crippen LogP) is 2.08. The number of fused-ring (bicyclic) bond motifs is 3. The minimum atomic E-state index is -0.671. The van der Waals surface area contributed by atoms with Crippen LogP contribution in [0, 0.1) is 5.41 Å². The zero-order chi connectivity index (χ0) is 26.7. The summed E-state index contributed by atoms with van der Waals surface area (Å²) < 4.78 is 12.8. The number of benzene rings is 2. The molecule has 0 aliphatic carbocycles. The normalized spacial score (nSPS) is 21.4. The zero-order valence-corrected chi connectivity index (χ0v) is 22.0. The third kappa shape index (κ3) is 5.75. The van der Waals surface area contributed by atoms with Crippen LogP contribution >= 0.6 is 0 Å². The molecular weight excluding hydrogens is 496 g/mol. The van der Waals surface area contributed by atoms with E-state index in [1.54, 1.807) is 4.68 Å². The fourth-order valence-electron chi connectivity index (χ4n) is 5.74. The van der Waals surface area contributed by atoms with Crippen molar-refractivity contribution in [3.05, 3.63) is 71.5 Å². The van der Waals surface area contributed by atoms with Crippen LogP contribution in [0.3, 0.4) is 0 Å². The molecule has 1 fully saturated rings. The molecule has 10 heteroatoms. The predicted molar refractivity (Wildman–Crippen MR) is 143 cm³/mol. The van der Waals surface area contributed by atoms with Gasteiger partial charge in [0.1, 0.15) is 6.04 Å². The lowest BCUT2D eigenvalue weighted by molar-refractivity contribution is -0.137. The molecular formula is C29H34N6O4. The zero-order valence-electron chi connectivity index (χ0n) is 22.0. The van der Waals surface area contributed by atoms with Gasteiger partial charge in [0.15, 0.2) is 11.5 Å². The first kappa shape index (κ1) is 25.4. The lowest BCUT2D eigenvalue weighted by Crippen LogP contribution is -2.56. The number of carbonyl (C=O) groups is 2. The molecule has 204 valence electrons. The van der Waals surface area contributed by atoms with Gasteiger partial charge in [0.25, 0.3) is 0 Å². The number of hydrogen-bond donors (Lipinski definition) is 2. The Balaban J connectivity index is 1.21. The Bertz CT molecular complexity index is 1320. The number of amides is 2. The van der Waals surface area contributed by atoms with Crippen molar-refractivity contribution in [2.75, 3.05) is 26.4 Å². The monoisotopic (exact) mass is 530 g/mol. The summed E-state index contributed by atoms with van der Waals surface area (Å²) in [5.41, 5.74) is 2.30. The van der Waals surface area contributed by atoms with E-state index in [9.17, 15) is 9.59 Å². The highest BCUT2D eigenvalue weighted by Crippen LogP contribution is 2.37.